The fourth-order valence-corrected chi connectivity index (χ4v) is 3.11. The summed E-state index contributed by atoms with van der Waals surface area (Å²) in [5.41, 5.74) is 0.317. The maximum atomic E-state index is 12.4. The first-order chi connectivity index (χ1) is 8.60. The van der Waals surface area contributed by atoms with Crippen LogP contribution in [0.2, 0.25) is 0 Å². The standard InChI is InChI=1S/C15H28N2O.ClH/c1-4-15(3)10-13(15)14(18)17-8-6-12(7-9-17)11-16-5-2;/h12-13,16H,4-11H2,1-3H3;1H. The average molecular weight is 289 g/mol. The molecule has 1 heterocycles. The number of nitrogens with zero attached hydrogens (tertiary/aromatic N) is 1. The second-order valence-electron chi connectivity index (χ2n) is 6.34. The second-order valence-corrected chi connectivity index (χ2v) is 6.34. The molecule has 3 nitrogen and oxygen atoms in total. The van der Waals surface area contributed by atoms with Crippen molar-refractivity contribution in [3.63, 3.8) is 0 Å². The molecule has 1 aliphatic carbocycles. The van der Waals surface area contributed by atoms with Crippen LogP contribution in [0.15, 0.2) is 0 Å². The van der Waals surface area contributed by atoms with Crippen LogP contribution < -0.4 is 5.32 Å². The van der Waals surface area contributed by atoms with Crippen LogP contribution in [0.25, 0.3) is 0 Å². The summed E-state index contributed by atoms with van der Waals surface area (Å²) in [4.78, 5) is 14.5. The highest BCUT2D eigenvalue weighted by Crippen LogP contribution is 2.55. The zero-order chi connectivity index (χ0) is 13.2. The summed E-state index contributed by atoms with van der Waals surface area (Å²) in [5.74, 6) is 1.53. The predicted octanol–water partition coefficient (Wildman–Crippen LogP) is 2.69. The highest BCUT2D eigenvalue weighted by atomic mass is 35.5. The molecule has 0 aromatic rings. The number of piperidine rings is 1. The first-order valence-corrected chi connectivity index (χ1v) is 7.60. The zero-order valence-corrected chi connectivity index (χ0v) is 13.4. The van der Waals surface area contributed by atoms with E-state index in [0.29, 0.717) is 17.2 Å². The Morgan fingerprint density at radius 1 is 1.32 bits per heavy atom. The quantitative estimate of drug-likeness (QED) is 0.844. The maximum Gasteiger partial charge on any atom is 0.226 e. The molecule has 1 amide bonds. The SMILES string of the molecule is CCNCC1CCN(C(=O)C2CC2(C)CC)CC1.Cl. The smallest absolute Gasteiger partial charge is 0.226 e. The third-order valence-electron chi connectivity index (χ3n) is 5.07. The first-order valence-electron chi connectivity index (χ1n) is 7.60. The molecule has 19 heavy (non-hydrogen) atoms. The van der Waals surface area contributed by atoms with Gasteiger partial charge in [-0.2, -0.15) is 0 Å². The van der Waals surface area contributed by atoms with Crippen LogP contribution in [-0.4, -0.2) is 37.0 Å². The minimum atomic E-state index is 0. The minimum absolute atomic E-state index is 0. The van der Waals surface area contributed by atoms with Crippen LogP contribution >= 0.6 is 12.4 Å². The van der Waals surface area contributed by atoms with E-state index in [-0.39, 0.29) is 12.4 Å². The Morgan fingerprint density at radius 2 is 1.95 bits per heavy atom. The van der Waals surface area contributed by atoms with Crippen molar-refractivity contribution < 1.29 is 4.79 Å². The molecule has 2 unspecified atom stereocenters. The third kappa shape index (κ3) is 3.85. The monoisotopic (exact) mass is 288 g/mol. The van der Waals surface area contributed by atoms with Gasteiger partial charge in [0.2, 0.25) is 5.91 Å². The number of rotatable bonds is 5. The third-order valence-corrected chi connectivity index (χ3v) is 5.07. The van der Waals surface area contributed by atoms with Crippen LogP contribution in [0, 0.1) is 17.3 Å². The average Bonchev–Trinajstić information content (AvgIpc) is 3.09. The largest absolute Gasteiger partial charge is 0.342 e. The van der Waals surface area contributed by atoms with Crippen molar-refractivity contribution in [2.75, 3.05) is 26.2 Å². The molecule has 0 aromatic heterocycles. The molecule has 1 saturated carbocycles. The lowest BCUT2D eigenvalue weighted by molar-refractivity contribution is -0.134. The van der Waals surface area contributed by atoms with Crippen LogP contribution in [-0.2, 0) is 4.79 Å². The Labute approximate surface area is 123 Å². The minimum Gasteiger partial charge on any atom is -0.342 e. The van der Waals surface area contributed by atoms with Crippen LogP contribution in [0.5, 0.6) is 0 Å². The molecule has 0 radical (unpaired) electrons. The van der Waals surface area contributed by atoms with Crippen molar-refractivity contribution in [1.29, 1.82) is 0 Å². The van der Waals surface area contributed by atoms with E-state index >= 15 is 0 Å². The van der Waals surface area contributed by atoms with Gasteiger partial charge in [-0.3, -0.25) is 4.79 Å². The van der Waals surface area contributed by atoms with E-state index in [9.17, 15) is 4.79 Å². The molecular weight excluding hydrogens is 260 g/mol. The lowest BCUT2D eigenvalue weighted by atomic mass is 9.95. The molecule has 0 spiro atoms. The maximum absolute atomic E-state index is 12.4. The molecule has 1 aliphatic heterocycles. The van der Waals surface area contributed by atoms with E-state index in [2.05, 4.69) is 31.0 Å². The highest BCUT2D eigenvalue weighted by Gasteiger charge is 2.54. The van der Waals surface area contributed by atoms with Gasteiger partial charge in [0.25, 0.3) is 0 Å². The Hall–Kier alpha value is -0.280. The normalized spacial score (nSPS) is 30.9. The van der Waals surface area contributed by atoms with Gasteiger partial charge in [-0.25, -0.2) is 0 Å². The number of nitrogens with one attached hydrogen (secondary N) is 1. The van der Waals surface area contributed by atoms with Crippen LogP contribution in [0.3, 0.4) is 0 Å². The zero-order valence-electron chi connectivity index (χ0n) is 12.6. The van der Waals surface area contributed by atoms with Gasteiger partial charge in [0.15, 0.2) is 0 Å². The summed E-state index contributed by atoms with van der Waals surface area (Å²) in [6, 6.07) is 0. The molecule has 112 valence electrons. The van der Waals surface area contributed by atoms with Gasteiger partial charge in [0.1, 0.15) is 0 Å². The summed E-state index contributed by atoms with van der Waals surface area (Å²) in [6.07, 6.45) is 4.60. The van der Waals surface area contributed by atoms with Gasteiger partial charge in [-0.1, -0.05) is 20.8 Å². The second kappa shape index (κ2) is 6.94. The van der Waals surface area contributed by atoms with Crippen LogP contribution in [0.4, 0.5) is 0 Å². The lowest BCUT2D eigenvalue weighted by Gasteiger charge is -2.32. The van der Waals surface area contributed by atoms with E-state index in [1.165, 1.54) is 12.8 Å². The number of hydrogen-bond acceptors (Lipinski definition) is 2. The fraction of sp³-hybridized carbons (Fsp3) is 0.933. The highest BCUT2D eigenvalue weighted by molar-refractivity contribution is 5.85. The van der Waals surface area contributed by atoms with Gasteiger partial charge in [-0.05, 0) is 50.1 Å². The van der Waals surface area contributed by atoms with Crippen molar-refractivity contribution in [2.45, 2.75) is 46.5 Å². The molecule has 0 aromatic carbocycles. The number of likely N-dealkylation sites (tertiary alicyclic amines) is 1. The first kappa shape index (κ1) is 16.8. The molecule has 2 rings (SSSR count). The van der Waals surface area contributed by atoms with Crippen molar-refractivity contribution in [1.82, 2.24) is 10.2 Å². The number of carbonyl (C=O) groups is 1. The van der Waals surface area contributed by atoms with Crippen LogP contribution in [0.1, 0.15) is 46.5 Å². The molecule has 0 bridgehead atoms. The summed E-state index contributed by atoms with van der Waals surface area (Å²) in [5, 5.41) is 3.42. The predicted molar refractivity (Wildman–Crippen MR) is 81.6 cm³/mol. The molecule has 2 aliphatic rings. The van der Waals surface area contributed by atoms with E-state index in [1.807, 2.05) is 0 Å². The summed E-state index contributed by atoms with van der Waals surface area (Å²) >= 11 is 0. The van der Waals surface area contributed by atoms with E-state index in [4.69, 9.17) is 0 Å². The molecular formula is C15H29ClN2O. The van der Waals surface area contributed by atoms with Gasteiger partial charge >= 0.3 is 0 Å². The molecule has 1 N–H and O–H groups in total. The molecule has 2 fully saturated rings. The number of amides is 1. The van der Waals surface area contributed by atoms with E-state index in [0.717, 1.165) is 44.9 Å². The van der Waals surface area contributed by atoms with Crippen molar-refractivity contribution in [2.24, 2.45) is 17.3 Å². The Bertz CT molecular complexity index is 303. The topological polar surface area (TPSA) is 32.3 Å². The summed E-state index contributed by atoms with van der Waals surface area (Å²) in [6.45, 7) is 10.7. The van der Waals surface area contributed by atoms with Gasteiger partial charge in [0.05, 0.1) is 0 Å². The van der Waals surface area contributed by atoms with Gasteiger partial charge in [0, 0.05) is 19.0 Å². The van der Waals surface area contributed by atoms with E-state index in [1.54, 1.807) is 0 Å². The Kier molecular flexibility index (Phi) is 6.13. The van der Waals surface area contributed by atoms with Crippen molar-refractivity contribution in [3.05, 3.63) is 0 Å². The number of hydrogen-bond donors (Lipinski definition) is 1. The molecule has 4 heteroatoms. The fourth-order valence-electron chi connectivity index (χ4n) is 3.11. The number of carbonyl (C=O) groups excluding carboxylic acids is 1. The molecule has 2 atom stereocenters. The summed E-state index contributed by atoms with van der Waals surface area (Å²) in [7, 11) is 0. The van der Waals surface area contributed by atoms with Crippen molar-refractivity contribution in [3.8, 4) is 0 Å². The lowest BCUT2D eigenvalue weighted by Crippen LogP contribution is -2.42. The molecule has 1 saturated heterocycles. The van der Waals surface area contributed by atoms with Crippen molar-refractivity contribution >= 4 is 18.3 Å². The summed E-state index contributed by atoms with van der Waals surface area (Å²) < 4.78 is 0. The number of halogens is 1. The van der Waals surface area contributed by atoms with E-state index < -0.39 is 0 Å². The Balaban J connectivity index is 0.00000180. The Morgan fingerprint density at radius 3 is 2.42 bits per heavy atom. The van der Waals surface area contributed by atoms with Gasteiger partial charge < -0.3 is 10.2 Å². The van der Waals surface area contributed by atoms with Gasteiger partial charge in [-0.15, -0.1) is 12.4 Å².